The number of nitrogens with zero attached hydrogens (tertiary/aromatic N) is 3. The molecule has 17 heavy (non-hydrogen) atoms. The van der Waals surface area contributed by atoms with Gasteiger partial charge in [-0.3, -0.25) is 0 Å². The first kappa shape index (κ1) is 12.0. The molecule has 2 heterocycles. The van der Waals surface area contributed by atoms with Crippen molar-refractivity contribution in [3.63, 3.8) is 0 Å². The first-order valence-electron chi connectivity index (χ1n) is 5.75. The molecule has 2 rings (SSSR count). The van der Waals surface area contributed by atoms with Gasteiger partial charge in [-0.05, 0) is 25.5 Å². The molecule has 0 atom stereocenters. The lowest BCUT2D eigenvalue weighted by Gasteiger charge is -2.04. The number of aryl methyl sites for hydroxylation is 1. The van der Waals surface area contributed by atoms with Crippen LogP contribution >= 0.6 is 11.3 Å². The van der Waals surface area contributed by atoms with Crippen molar-refractivity contribution in [3.8, 4) is 16.5 Å². The predicted octanol–water partition coefficient (Wildman–Crippen LogP) is 2.95. The van der Waals surface area contributed by atoms with Crippen molar-refractivity contribution in [2.75, 3.05) is 6.61 Å². The first-order valence-corrected chi connectivity index (χ1v) is 6.57. The third-order valence-electron chi connectivity index (χ3n) is 2.21. The fraction of sp³-hybridized carbons (Fsp3) is 0.417. The molecule has 4 nitrogen and oxygen atoms in total. The Bertz CT molecular complexity index is 484. The van der Waals surface area contributed by atoms with Crippen LogP contribution in [0, 0.1) is 0 Å². The topological polar surface area (TPSA) is 47.9 Å². The van der Waals surface area contributed by atoms with Gasteiger partial charge in [0.1, 0.15) is 5.01 Å². The lowest BCUT2D eigenvalue weighted by atomic mass is 10.3. The number of aromatic nitrogens is 3. The summed E-state index contributed by atoms with van der Waals surface area (Å²) in [5.74, 6) is 0.634. The van der Waals surface area contributed by atoms with Gasteiger partial charge in [0.15, 0.2) is 5.01 Å². The van der Waals surface area contributed by atoms with E-state index in [4.69, 9.17) is 4.74 Å². The minimum atomic E-state index is 0.602. The molecule has 0 aliphatic rings. The van der Waals surface area contributed by atoms with E-state index in [1.165, 1.54) is 0 Å². The van der Waals surface area contributed by atoms with Gasteiger partial charge < -0.3 is 4.74 Å². The van der Waals surface area contributed by atoms with Gasteiger partial charge in [-0.1, -0.05) is 18.3 Å². The van der Waals surface area contributed by atoms with Gasteiger partial charge in [-0.15, -0.1) is 10.2 Å². The van der Waals surface area contributed by atoms with Crippen LogP contribution in [-0.2, 0) is 6.42 Å². The third kappa shape index (κ3) is 2.79. The summed E-state index contributed by atoms with van der Waals surface area (Å²) in [6, 6.07) is 3.85. The summed E-state index contributed by atoms with van der Waals surface area (Å²) in [7, 11) is 0. The van der Waals surface area contributed by atoms with Crippen LogP contribution in [0.5, 0.6) is 5.88 Å². The summed E-state index contributed by atoms with van der Waals surface area (Å²) < 4.78 is 5.49. The molecular formula is C12H15N3OS. The van der Waals surface area contributed by atoms with Crippen LogP contribution < -0.4 is 4.74 Å². The molecule has 0 N–H and O–H groups in total. The van der Waals surface area contributed by atoms with Crippen molar-refractivity contribution >= 4 is 11.3 Å². The molecule has 5 heteroatoms. The Morgan fingerprint density at radius 1 is 1.29 bits per heavy atom. The highest BCUT2D eigenvalue weighted by molar-refractivity contribution is 7.14. The molecule has 90 valence electrons. The zero-order chi connectivity index (χ0) is 12.1. The highest BCUT2D eigenvalue weighted by Crippen LogP contribution is 2.30. The fourth-order valence-electron chi connectivity index (χ4n) is 1.48. The van der Waals surface area contributed by atoms with Crippen molar-refractivity contribution in [2.24, 2.45) is 0 Å². The summed E-state index contributed by atoms with van der Waals surface area (Å²) in [5.41, 5.74) is 0.925. The molecule has 0 spiro atoms. The van der Waals surface area contributed by atoms with E-state index in [-0.39, 0.29) is 0 Å². The summed E-state index contributed by atoms with van der Waals surface area (Å²) in [4.78, 5) is 4.22. The van der Waals surface area contributed by atoms with E-state index < -0.39 is 0 Å². The summed E-state index contributed by atoms with van der Waals surface area (Å²) in [6.45, 7) is 4.68. The van der Waals surface area contributed by atoms with E-state index in [9.17, 15) is 0 Å². The number of ether oxygens (including phenoxy) is 1. The van der Waals surface area contributed by atoms with Crippen molar-refractivity contribution in [1.82, 2.24) is 15.2 Å². The van der Waals surface area contributed by atoms with E-state index >= 15 is 0 Å². The molecule has 0 amide bonds. The molecule has 0 saturated carbocycles. The van der Waals surface area contributed by atoms with E-state index in [0.29, 0.717) is 12.5 Å². The SMILES string of the molecule is CCCc1nnc(-c2cccnc2OCC)s1. The van der Waals surface area contributed by atoms with Crippen LogP contribution in [0.3, 0.4) is 0 Å². The molecule has 0 unspecified atom stereocenters. The van der Waals surface area contributed by atoms with Gasteiger partial charge >= 0.3 is 0 Å². The van der Waals surface area contributed by atoms with E-state index in [1.807, 2.05) is 19.1 Å². The maximum atomic E-state index is 5.49. The molecule has 0 aromatic carbocycles. The highest BCUT2D eigenvalue weighted by Gasteiger charge is 2.12. The maximum Gasteiger partial charge on any atom is 0.223 e. The molecule has 2 aromatic rings. The minimum Gasteiger partial charge on any atom is -0.477 e. The lowest BCUT2D eigenvalue weighted by molar-refractivity contribution is 0.328. The van der Waals surface area contributed by atoms with Crippen molar-refractivity contribution < 1.29 is 4.74 Å². The van der Waals surface area contributed by atoms with Gasteiger partial charge in [0, 0.05) is 12.6 Å². The van der Waals surface area contributed by atoms with Crippen molar-refractivity contribution in [1.29, 1.82) is 0 Å². The third-order valence-corrected chi connectivity index (χ3v) is 3.23. The van der Waals surface area contributed by atoms with Gasteiger partial charge in [0.25, 0.3) is 0 Å². The van der Waals surface area contributed by atoms with Gasteiger partial charge in [-0.25, -0.2) is 4.98 Å². The van der Waals surface area contributed by atoms with Crippen LogP contribution in [0.15, 0.2) is 18.3 Å². The van der Waals surface area contributed by atoms with Crippen molar-refractivity contribution in [3.05, 3.63) is 23.3 Å². The van der Waals surface area contributed by atoms with Crippen LogP contribution in [0.1, 0.15) is 25.3 Å². The Morgan fingerprint density at radius 2 is 2.18 bits per heavy atom. The maximum absolute atomic E-state index is 5.49. The predicted molar refractivity (Wildman–Crippen MR) is 68.3 cm³/mol. The monoisotopic (exact) mass is 249 g/mol. The van der Waals surface area contributed by atoms with E-state index in [2.05, 4.69) is 22.1 Å². The lowest BCUT2D eigenvalue weighted by Crippen LogP contribution is -1.96. The quantitative estimate of drug-likeness (QED) is 0.817. The second kappa shape index (κ2) is 5.72. The average Bonchev–Trinajstić information content (AvgIpc) is 2.79. The zero-order valence-electron chi connectivity index (χ0n) is 10.0. The Labute approximate surface area is 105 Å². The second-order valence-corrected chi connectivity index (χ2v) is 4.60. The molecule has 2 aromatic heterocycles. The Balaban J connectivity index is 2.31. The van der Waals surface area contributed by atoms with Crippen LogP contribution in [0.25, 0.3) is 10.6 Å². The normalized spacial score (nSPS) is 10.5. The Morgan fingerprint density at radius 3 is 2.94 bits per heavy atom. The highest BCUT2D eigenvalue weighted by atomic mass is 32.1. The standard InChI is InChI=1S/C12H15N3OS/c1-3-6-10-14-15-12(17-10)9-7-5-8-13-11(9)16-4-2/h5,7-8H,3-4,6H2,1-2H3. The van der Waals surface area contributed by atoms with Crippen LogP contribution in [0.4, 0.5) is 0 Å². The average molecular weight is 249 g/mol. The number of hydrogen-bond donors (Lipinski definition) is 0. The molecule has 0 aliphatic carbocycles. The zero-order valence-corrected chi connectivity index (χ0v) is 10.8. The molecule has 0 fully saturated rings. The van der Waals surface area contributed by atoms with Crippen LogP contribution in [-0.4, -0.2) is 21.8 Å². The Hall–Kier alpha value is -1.49. The minimum absolute atomic E-state index is 0.602. The number of hydrogen-bond acceptors (Lipinski definition) is 5. The molecule has 0 aliphatic heterocycles. The summed E-state index contributed by atoms with van der Waals surface area (Å²) in [6.07, 6.45) is 3.78. The number of pyridine rings is 1. The second-order valence-electron chi connectivity index (χ2n) is 3.54. The van der Waals surface area contributed by atoms with E-state index in [0.717, 1.165) is 28.4 Å². The summed E-state index contributed by atoms with van der Waals surface area (Å²) >= 11 is 1.61. The van der Waals surface area contributed by atoms with Gasteiger partial charge in [-0.2, -0.15) is 0 Å². The van der Waals surface area contributed by atoms with Gasteiger partial charge in [0.05, 0.1) is 12.2 Å². The van der Waals surface area contributed by atoms with Crippen LogP contribution in [0.2, 0.25) is 0 Å². The smallest absolute Gasteiger partial charge is 0.223 e. The van der Waals surface area contributed by atoms with Crippen molar-refractivity contribution in [2.45, 2.75) is 26.7 Å². The molecule has 0 bridgehead atoms. The fourth-order valence-corrected chi connectivity index (χ4v) is 2.44. The molecular weight excluding hydrogens is 234 g/mol. The molecule has 0 radical (unpaired) electrons. The molecule has 0 saturated heterocycles. The number of rotatable bonds is 5. The summed E-state index contributed by atoms with van der Waals surface area (Å²) in [5, 5.41) is 10.3. The first-order chi connectivity index (χ1) is 8.35. The Kier molecular flexibility index (Phi) is 4.03. The van der Waals surface area contributed by atoms with Gasteiger partial charge in [0.2, 0.25) is 5.88 Å². The van der Waals surface area contributed by atoms with E-state index in [1.54, 1.807) is 17.5 Å². The largest absolute Gasteiger partial charge is 0.477 e.